The van der Waals surface area contributed by atoms with Crippen LogP contribution in [0, 0.1) is 5.92 Å². The summed E-state index contributed by atoms with van der Waals surface area (Å²) in [5.41, 5.74) is -1.75. The first kappa shape index (κ1) is 21.0. The number of aromatic carboxylic acids is 1. The van der Waals surface area contributed by atoms with Gasteiger partial charge in [-0.3, -0.25) is 4.90 Å². The molecule has 8 nitrogen and oxygen atoms in total. The van der Waals surface area contributed by atoms with Crippen molar-refractivity contribution in [1.29, 1.82) is 0 Å². The van der Waals surface area contributed by atoms with E-state index in [9.17, 15) is 19.5 Å². The molecule has 0 aromatic heterocycles. The lowest BCUT2D eigenvalue weighted by Gasteiger charge is -2.37. The highest BCUT2D eigenvalue weighted by Gasteiger charge is 2.60. The Kier molecular flexibility index (Phi) is 5.47. The molecular formula is C21H27NO7. The molecule has 1 N–H and O–H groups in total. The van der Waals surface area contributed by atoms with Crippen molar-refractivity contribution in [3.8, 4) is 11.5 Å². The number of rotatable bonds is 4. The van der Waals surface area contributed by atoms with Crippen LogP contribution in [0.1, 0.15) is 56.8 Å². The van der Waals surface area contributed by atoms with Gasteiger partial charge < -0.3 is 19.3 Å². The Bertz CT molecular complexity index is 829. The fourth-order valence-electron chi connectivity index (χ4n) is 4.34. The lowest BCUT2D eigenvalue weighted by atomic mass is 9.88. The van der Waals surface area contributed by atoms with Crippen molar-refractivity contribution in [2.75, 3.05) is 13.7 Å². The molecule has 1 aliphatic carbocycles. The van der Waals surface area contributed by atoms with Crippen molar-refractivity contribution in [2.24, 2.45) is 5.92 Å². The van der Waals surface area contributed by atoms with Gasteiger partial charge in [0.25, 0.3) is 0 Å². The Morgan fingerprint density at radius 1 is 1.21 bits per heavy atom. The molecule has 1 aromatic carbocycles. The first-order valence-electron chi connectivity index (χ1n) is 9.73. The third-order valence-corrected chi connectivity index (χ3v) is 5.55. The van der Waals surface area contributed by atoms with E-state index in [0.717, 1.165) is 19.3 Å². The minimum Gasteiger partial charge on any atom is -0.496 e. The Labute approximate surface area is 169 Å². The van der Waals surface area contributed by atoms with E-state index in [4.69, 9.17) is 14.2 Å². The summed E-state index contributed by atoms with van der Waals surface area (Å²) in [6, 6.07) is 4.11. The zero-order valence-electron chi connectivity index (χ0n) is 17.2. The van der Waals surface area contributed by atoms with Crippen molar-refractivity contribution < 1.29 is 33.7 Å². The zero-order valence-corrected chi connectivity index (χ0v) is 17.2. The first-order valence-corrected chi connectivity index (χ1v) is 9.73. The molecule has 1 aromatic rings. The second-order valence-electron chi connectivity index (χ2n) is 8.49. The molecule has 1 saturated heterocycles. The highest BCUT2D eigenvalue weighted by molar-refractivity contribution is 5.92. The average molecular weight is 405 g/mol. The number of fused-ring (bicyclic) bond motifs is 1. The number of methoxy groups -OCH3 is 1. The van der Waals surface area contributed by atoms with Crippen LogP contribution in [-0.4, -0.2) is 52.8 Å². The van der Waals surface area contributed by atoms with Crippen LogP contribution >= 0.6 is 0 Å². The summed E-state index contributed by atoms with van der Waals surface area (Å²) < 4.78 is 16.3. The van der Waals surface area contributed by atoms with Crippen molar-refractivity contribution in [3.05, 3.63) is 23.8 Å². The lowest BCUT2D eigenvalue weighted by Crippen LogP contribution is -2.57. The average Bonchev–Trinajstić information content (AvgIpc) is 3.19. The second kappa shape index (κ2) is 7.57. The maximum Gasteiger partial charge on any atom is 0.411 e. The van der Waals surface area contributed by atoms with Crippen molar-refractivity contribution in [3.63, 3.8) is 0 Å². The van der Waals surface area contributed by atoms with Gasteiger partial charge >= 0.3 is 18.0 Å². The molecule has 29 heavy (non-hydrogen) atoms. The molecule has 0 radical (unpaired) electrons. The molecule has 1 heterocycles. The zero-order chi connectivity index (χ0) is 21.4. The van der Waals surface area contributed by atoms with Crippen molar-refractivity contribution in [2.45, 2.75) is 57.6 Å². The van der Waals surface area contributed by atoms with Gasteiger partial charge in [-0.15, -0.1) is 0 Å². The highest BCUT2D eigenvalue weighted by Crippen LogP contribution is 2.48. The highest BCUT2D eigenvalue weighted by atomic mass is 16.6. The van der Waals surface area contributed by atoms with Gasteiger partial charge in [0.05, 0.1) is 7.11 Å². The largest absolute Gasteiger partial charge is 0.496 e. The Hall–Kier alpha value is -2.77. The number of ether oxygens (including phenoxy) is 3. The number of amides is 1. The summed E-state index contributed by atoms with van der Waals surface area (Å²) in [6.45, 7) is 5.80. The van der Waals surface area contributed by atoms with Crippen LogP contribution in [0.2, 0.25) is 0 Å². The number of carboxylic acid groups (broad SMARTS) is 1. The number of likely N-dealkylation sites (tertiary alicyclic amines) is 1. The summed E-state index contributed by atoms with van der Waals surface area (Å²) in [4.78, 5) is 38.9. The Balaban J connectivity index is 1.87. The molecule has 2 fully saturated rings. The van der Waals surface area contributed by atoms with E-state index in [1.165, 1.54) is 30.2 Å². The number of benzene rings is 1. The van der Waals surface area contributed by atoms with Crippen molar-refractivity contribution in [1.82, 2.24) is 4.90 Å². The standard InChI is InChI=1S/C21H27NO7/c1-20(2,3)29-19(26)22-11-9-13-6-5-10-21(13,22)18(25)28-14-7-8-15(17(23)24)16(12-14)27-4/h7-8,12-13H,5-6,9-11H2,1-4H3,(H,23,24). The second-order valence-corrected chi connectivity index (χ2v) is 8.49. The third kappa shape index (κ3) is 3.88. The van der Waals surface area contributed by atoms with Crippen LogP contribution in [0.3, 0.4) is 0 Å². The molecular weight excluding hydrogens is 378 g/mol. The fraction of sp³-hybridized carbons (Fsp3) is 0.571. The molecule has 2 atom stereocenters. The van der Waals surface area contributed by atoms with E-state index in [-0.39, 0.29) is 23.0 Å². The predicted octanol–water partition coefficient (Wildman–Crippen LogP) is 3.48. The molecule has 0 spiro atoms. The van der Waals surface area contributed by atoms with E-state index < -0.39 is 29.2 Å². The number of esters is 1. The molecule has 1 saturated carbocycles. The van der Waals surface area contributed by atoms with Crippen LogP contribution in [0.5, 0.6) is 11.5 Å². The lowest BCUT2D eigenvalue weighted by molar-refractivity contribution is -0.147. The maximum atomic E-state index is 13.3. The smallest absolute Gasteiger partial charge is 0.411 e. The first-order chi connectivity index (χ1) is 13.6. The van der Waals surface area contributed by atoms with Gasteiger partial charge in [-0.25, -0.2) is 14.4 Å². The van der Waals surface area contributed by atoms with E-state index in [1.54, 1.807) is 20.8 Å². The summed E-state index contributed by atoms with van der Waals surface area (Å²) in [5.74, 6) is -1.37. The van der Waals surface area contributed by atoms with Crippen molar-refractivity contribution >= 4 is 18.0 Å². The predicted molar refractivity (Wildman–Crippen MR) is 103 cm³/mol. The molecule has 2 unspecified atom stereocenters. The molecule has 2 aliphatic rings. The molecule has 8 heteroatoms. The molecule has 1 amide bonds. The van der Waals surface area contributed by atoms with Crippen LogP contribution < -0.4 is 9.47 Å². The summed E-state index contributed by atoms with van der Waals surface area (Å²) in [6.07, 6.45) is 2.38. The van der Waals surface area contributed by atoms with Gasteiger partial charge in [0.1, 0.15) is 28.2 Å². The third-order valence-electron chi connectivity index (χ3n) is 5.55. The molecule has 1 aliphatic heterocycles. The van der Waals surface area contributed by atoms with Crippen LogP contribution in [0.4, 0.5) is 4.79 Å². The number of nitrogens with zero attached hydrogens (tertiary/aromatic N) is 1. The fourth-order valence-corrected chi connectivity index (χ4v) is 4.34. The minimum atomic E-state index is -1.14. The topological polar surface area (TPSA) is 102 Å². The number of hydrogen-bond donors (Lipinski definition) is 1. The maximum absolute atomic E-state index is 13.3. The van der Waals surface area contributed by atoms with E-state index in [1.807, 2.05) is 0 Å². The summed E-state index contributed by atoms with van der Waals surface area (Å²) >= 11 is 0. The Morgan fingerprint density at radius 3 is 2.55 bits per heavy atom. The molecule has 3 rings (SSSR count). The van der Waals surface area contributed by atoms with E-state index >= 15 is 0 Å². The minimum absolute atomic E-state index is 0.0164. The van der Waals surface area contributed by atoms with Crippen LogP contribution in [0.25, 0.3) is 0 Å². The van der Waals surface area contributed by atoms with Gasteiger partial charge in [0.15, 0.2) is 0 Å². The van der Waals surface area contributed by atoms with Gasteiger partial charge in [-0.05, 0) is 58.1 Å². The number of carbonyl (C=O) groups is 3. The summed E-state index contributed by atoms with van der Waals surface area (Å²) in [5, 5.41) is 9.21. The van der Waals surface area contributed by atoms with Gasteiger partial charge in [0.2, 0.25) is 0 Å². The normalized spacial score (nSPS) is 23.4. The number of carboxylic acids is 1. The quantitative estimate of drug-likeness (QED) is 0.604. The van der Waals surface area contributed by atoms with E-state index in [0.29, 0.717) is 13.0 Å². The number of hydrogen-bond acceptors (Lipinski definition) is 6. The molecule has 0 bridgehead atoms. The molecule has 158 valence electrons. The Morgan fingerprint density at radius 2 is 1.93 bits per heavy atom. The number of carbonyl (C=O) groups excluding carboxylic acids is 2. The van der Waals surface area contributed by atoms with Crippen LogP contribution in [-0.2, 0) is 9.53 Å². The van der Waals surface area contributed by atoms with Gasteiger partial charge in [-0.1, -0.05) is 6.42 Å². The van der Waals surface area contributed by atoms with Gasteiger partial charge in [0, 0.05) is 12.6 Å². The SMILES string of the molecule is COc1cc(OC(=O)C23CCCC2CCN3C(=O)OC(C)(C)C)ccc1C(=O)O. The monoisotopic (exact) mass is 405 g/mol. The van der Waals surface area contributed by atoms with E-state index in [2.05, 4.69) is 0 Å². The van der Waals surface area contributed by atoms with Gasteiger partial charge in [-0.2, -0.15) is 0 Å². The summed E-state index contributed by atoms with van der Waals surface area (Å²) in [7, 11) is 1.35. The van der Waals surface area contributed by atoms with Crippen LogP contribution in [0.15, 0.2) is 18.2 Å².